The number of ether oxygens (including phenoxy) is 2. The molecule has 0 aliphatic rings. The Morgan fingerprint density at radius 1 is 1.19 bits per heavy atom. The van der Waals surface area contributed by atoms with Gasteiger partial charge >= 0.3 is 0 Å². The van der Waals surface area contributed by atoms with Crippen molar-refractivity contribution in [1.82, 2.24) is 14.6 Å². The first-order valence-electron chi connectivity index (χ1n) is 6.25. The minimum absolute atomic E-state index is 0.582. The number of nitrogens with zero attached hydrogens (tertiary/aromatic N) is 3. The molecule has 0 saturated heterocycles. The van der Waals surface area contributed by atoms with Gasteiger partial charge in [-0.05, 0) is 35.6 Å². The van der Waals surface area contributed by atoms with Crippen LogP contribution in [0.15, 0.2) is 34.9 Å². The lowest BCUT2D eigenvalue weighted by atomic mass is 10.2. The number of furan rings is 1. The van der Waals surface area contributed by atoms with E-state index in [0.29, 0.717) is 11.0 Å². The number of hydrogen-bond donors (Lipinski definition) is 0. The third-order valence-electron chi connectivity index (χ3n) is 3.18. The average Bonchev–Trinajstić information content (AvgIpc) is 3.17. The molecule has 0 amide bonds. The monoisotopic (exact) mass is 301 g/mol. The third-order valence-corrected chi connectivity index (χ3v) is 4.06. The third kappa shape index (κ3) is 1.93. The van der Waals surface area contributed by atoms with Crippen molar-refractivity contribution in [2.45, 2.75) is 0 Å². The number of aromatic nitrogens is 3. The smallest absolute Gasteiger partial charge is 0.294 e. The lowest BCUT2D eigenvalue weighted by Gasteiger charge is -1.96. The summed E-state index contributed by atoms with van der Waals surface area (Å²) in [5.41, 5.74) is 1.54. The van der Waals surface area contributed by atoms with Gasteiger partial charge in [-0.25, -0.2) is 9.50 Å². The van der Waals surface area contributed by atoms with E-state index < -0.39 is 0 Å². The van der Waals surface area contributed by atoms with Crippen molar-refractivity contribution in [1.29, 1.82) is 0 Å². The zero-order valence-corrected chi connectivity index (χ0v) is 12.2. The molecular weight excluding hydrogens is 290 g/mol. The van der Waals surface area contributed by atoms with Gasteiger partial charge in [-0.2, -0.15) is 0 Å². The summed E-state index contributed by atoms with van der Waals surface area (Å²) in [6.07, 6.45) is 1.82. The summed E-state index contributed by atoms with van der Waals surface area (Å²) in [6.45, 7) is 0. The Bertz CT molecular complexity index is 906. The van der Waals surface area contributed by atoms with Crippen LogP contribution in [0.5, 0.6) is 10.9 Å². The maximum atomic E-state index is 5.82. The van der Waals surface area contributed by atoms with Crippen molar-refractivity contribution in [2.75, 3.05) is 14.2 Å². The summed E-state index contributed by atoms with van der Waals surface area (Å²) in [7, 11) is 3.23. The minimum atomic E-state index is 0.582. The van der Waals surface area contributed by atoms with Crippen LogP contribution in [0.4, 0.5) is 0 Å². The van der Waals surface area contributed by atoms with E-state index in [1.807, 2.05) is 30.5 Å². The lowest BCUT2D eigenvalue weighted by Crippen LogP contribution is -1.84. The summed E-state index contributed by atoms with van der Waals surface area (Å²) in [5.74, 6) is 1.50. The number of imidazole rings is 1. The Labute approximate surface area is 123 Å². The summed E-state index contributed by atoms with van der Waals surface area (Å²) >= 11 is 1.38. The molecule has 1 aromatic carbocycles. The molecule has 3 heterocycles. The molecule has 0 fully saturated rings. The number of rotatable bonds is 3. The largest absolute Gasteiger partial charge is 0.497 e. The summed E-state index contributed by atoms with van der Waals surface area (Å²) in [5, 5.41) is 5.81. The van der Waals surface area contributed by atoms with Crippen LogP contribution in [0, 0.1) is 0 Å². The van der Waals surface area contributed by atoms with Gasteiger partial charge in [0.05, 0.1) is 20.4 Å². The Morgan fingerprint density at radius 2 is 2.10 bits per heavy atom. The molecule has 21 heavy (non-hydrogen) atoms. The standard InChI is InChI=1S/C14H11N3O3S/c1-18-9-3-4-11-8(5-9)6-12(20-11)10-7-17-13(15-10)21-14(16-17)19-2/h3-7H,1-2H3. The van der Waals surface area contributed by atoms with Gasteiger partial charge in [0.15, 0.2) is 5.76 Å². The SMILES string of the molecule is COc1ccc2oc(-c3cn4nc(OC)sc4n3)cc2c1. The van der Waals surface area contributed by atoms with E-state index in [9.17, 15) is 0 Å². The van der Waals surface area contributed by atoms with Gasteiger partial charge in [0.2, 0.25) is 4.96 Å². The van der Waals surface area contributed by atoms with E-state index in [-0.39, 0.29) is 0 Å². The number of hydrogen-bond acceptors (Lipinski definition) is 6. The molecule has 106 valence electrons. The van der Waals surface area contributed by atoms with Crippen molar-refractivity contribution in [3.63, 3.8) is 0 Å². The summed E-state index contributed by atoms with van der Waals surface area (Å²) < 4.78 is 17.8. The van der Waals surface area contributed by atoms with E-state index in [4.69, 9.17) is 13.9 Å². The first kappa shape index (κ1) is 12.2. The van der Waals surface area contributed by atoms with E-state index in [1.165, 1.54) is 11.3 Å². The van der Waals surface area contributed by atoms with Crippen LogP contribution in [0.25, 0.3) is 27.4 Å². The lowest BCUT2D eigenvalue weighted by molar-refractivity contribution is 0.405. The molecule has 0 spiro atoms. The van der Waals surface area contributed by atoms with Crippen LogP contribution in [0.2, 0.25) is 0 Å². The Kier molecular flexibility index (Phi) is 2.61. The molecule has 4 aromatic rings. The predicted octanol–water partition coefficient (Wildman–Crippen LogP) is 3.22. The molecule has 3 aromatic heterocycles. The van der Waals surface area contributed by atoms with Crippen LogP contribution in [-0.2, 0) is 0 Å². The fraction of sp³-hybridized carbons (Fsp3) is 0.143. The van der Waals surface area contributed by atoms with Gasteiger partial charge in [-0.3, -0.25) is 0 Å². The molecule has 0 aliphatic heterocycles. The molecular formula is C14H11N3O3S. The first-order chi connectivity index (χ1) is 10.3. The minimum Gasteiger partial charge on any atom is -0.497 e. The van der Waals surface area contributed by atoms with Crippen molar-refractivity contribution in [3.8, 4) is 22.4 Å². The Morgan fingerprint density at radius 3 is 2.86 bits per heavy atom. The topological polar surface area (TPSA) is 61.8 Å². The second-order valence-corrected chi connectivity index (χ2v) is 5.36. The van der Waals surface area contributed by atoms with E-state index in [0.717, 1.165) is 27.4 Å². The van der Waals surface area contributed by atoms with Crippen LogP contribution >= 0.6 is 11.3 Å². The predicted molar refractivity (Wildman–Crippen MR) is 79.2 cm³/mol. The molecule has 0 unspecified atom stereocenters. The van der Waals surface area contributed by atoms with Gasteiger partial charge in [0.1, 0.15) is 17.0 Å². The normalized spacial score (nSPS) is 11.3. The van der Waals surface area contributed by atoms with Crippen LogP contribution in [-0.4, -0.2) is 28.8 Å². The van der Waals surface area contributed by atoms with E-state index >= 15 is 0 Å². The Hall–Kier alpha value is -2.54. The van der Waals surface area contributed by atoms with Gasteiger partial charge in [0.25, 0.3) is 5.19 Å². The highest BCUT2D eigenvalue weighted by Crippen LogP contribution is 2.31. The zero-order valence-electron chi connectivity index (χ0n) is 11.4. The first-order valence-corrected chi connectivity index (χ1v) is 7.06. The molecule has 0 radical (unpaired) electrons. The molecule has 6 nitrogen and oxygen atoms in total. The maximum Gasteiger partial charge on any atom is 0.294 e. The second kappa shape index (κ2) is 4.49. The highest BCUT2D eigenvalue weighted by atomic mass is 32.1. The van der Waals surface area contributed by atoms with E-state index in [2.05, 4.69) is 10.1 Å². The van der Waals surface area contributed by atoms with Gasteiger partial charge in [-0.15, -0.1) is 5.10 Å². The van der Waals surface area contributed by atoms with E-state index in [1.54, 1.807) is 18.7 Å². The quantitative estimate of drug-likeness (QED) is 0.581. The summed E-state index contributed by atoms with van der Waals surface area (Å²) in [4.78, 5) is 5.27. The fourth-order valence-corrected chi connectivity index (χ4v) is 2.86. The number of methoxy groups -OCH3 is 2. The highest BCUT2D eigenvalue weighted by Gasteiger charge is 2.13. The molecule has 7 heteroatoms. The molecule has 0 bridgehead atoms. The van der Waals surface area contributed by atoms with Crippen LogP contribution in [0.3, 0.4) is 0 Å². The van der Waals surface area contributed by atoms with Crippen molar-refractivity contribution < 1.29 is 13.9 Å². The van der Waals surface area contributed by atoms with Gasteiger partial charge in [0, 0.05) is 5.39 Å². The molecule has 4 rings (SSSR count). The zero-order chi connectivity index (χ0) is 14.4. The van der Waals surface area contributed by atoms with Crippen molar-refractivity contribution in [3.05, 3.63) is 30.5 Å². The van der Waals surface area contributed by atoms with Crippen molar-refractivity contribution >= 4 is 27.3 Å². The van der Waals surface area contributed by atoms with Gasteiger partial charge < -0.3 is 13.9 Å². The van der Waals surface area contributed by atoms with Crippen molar-refractivity contribution in [2.24, 2.45) is 0 Å². The molecule has 0 saturated carbocycles. The number of fused-ring (bicyclic) bond motifs is 2. The molecule has 0 aliphatic carbocycles. The average molecular weight is 301 g/mol. The van der Waals surface area contributed by atoms with Crippen LogP contribution < -0.4 is 9.47 Å². The summed E-state index contributed by atoms with van der Waals surface area (Å²) in [6, 6.07) is 7.63. The fourth-order valence-electron chi connectivity index (χ4n) is 2.16. The van der Waals surface area contributed by atoms with Crippen LogP contribution in [0.1, 0.15) is 0 Å². The molecule has 0 N–H and O–H groups in total. The Balaban J connectivity index is 1.81. The molecule has 0 atom stereocenters. The number of benzene rings is 1. The highest BCUT2D eigenvalue weighted by molar-refractivity contribution is 7.18. The maximum absolute atomic E-state index is 5.82. The second-order valence-electron chi connectivity index (χ2n) is 4.44. The van der Waals surface area contributed by atoms with Gasteiger partial charge in [-0.1, -0.05) is 0 Å².